The van der Waals surface area contributed by atoms with E-state index in [1.165, 1.54) is 6.07 Å². The molecule has 3 aliphatic heterocycles. The smallest absolute Gasteiger partial charge is 0.337 e. The van der Waals surface area contributed by atoms with Crippen molar-refractivity contribution in [3.8, 4) is 28.1 Å². The molecule has 9 heteroatoms. The summed E-state index contributed by atoms with van der Waals surface area (Å²) in [4.78, 5) is 20.1. The van der Waals surface area contributed by atoms with Crippen LogP contribution in [0.5, 0.6) is 5.75 Å². The molecule has 1 N–H and O–H groups in total. The molecule has 2 aromatic heterocycles. The van der Waals surface area contributed by atoms with E-state index in [2.05, 4.69) is 11.8 Å². The minimum Gasteiger partial charge on any atom is -0.487 e. The molecule has 0 spiro atoms. The molecule has 4 aromatic rings. The number of fused-ring (bicyclic) bond motifs is 7. The highest BCUT2D eigenvalue weighted by Gasteiger charge is 2.37. The van der Waals surface area contributed by atoms with Crippen molar-refractivity contribution in [2.24, 2.45) is 0 Å². The molecule has 47 heavy (non-hydrogen) atoms. The largest absolute Gasteiger partial charge is 0.487 e. The molecule has 1 fully saturated rings. The van der Waals surface area contributed by atoms with Crippen LogP contribution in [0.25, 0.3) is 28.0 Å². The van der Waals surface area contributed by atoms with Crippen molar-refractivity contribution >= 4 is 17.4 Å². The van der Waals surface area contributed by atoms with Crippen LogP contribution in [0.2, 0.25) is 0 Å². The van der Waals surface area contributed by atoms with Gasteiger partial charge in [0.2, 0.25) is 0 Å². The lowest BCUT2D eigenvalue weighted by molar-refractivity contribution is -0.160. The molecule has 2 aromatic carbocycles. The van der Waals surface area contributed by atoms with Crippen LogP contribution in [0.1, 0.15) is 71.1 Å². The summed E-state index contributed by atoms with van der Waals surface area (Å²) < 4.78 is 36.0. The number of hydrogen-bond donors (Lipinski definition) is 1. The van der Waals surface area contributed by atoms with Gasteiger partial charge in [-0.2, -0.15) is 0 Å². The molecule has 1 saturated heterocycles. The minimum absolute atomic E-state index is 0.213. The van der Waals surface area contributed by atoms with Crippen LogP contribution in [-0.2, 0) is 14.3 Å². The highest BCUT2D eigenvalue weighted by molar-refractivity contribution is 5.80. The number of benzene rings is 2. The predicted octanol–water partition coefficient (Wildman–Crippen LogP) is 8.16. The molecule has 0 radical (unpaired) electrons. The third kappa shape index (κ3) is 6.92. The molecule has 7 rings (SSSR count). The Kier molecular flexibility index (Phi) is 8.89. The molecule has 3 aliphatic rings. The number of rotatable bonds is 3. The minimum atomic E-state index is -1.18. The van der Waals surface area contributed by atoms with Crippen LogP contribution in [0.15, 0.2) is 66.9 Å². The fourth-order valence-corrected chi connectivity index (χ4v) is 6.51. The number of para-hydroxylation sites is 1. The van der Waals surface area contributed by atoms with Crippen molar-refractivity contribution in [1.82, 2.24) is 9.38 Å². The first-order valence-electron chi connectivity index (χ1n) is 16.3. The molecule has 2 atom stereocenters. The summed E-state index contributed by atoms with van der Waals surface area (Å²) in [5.74, 6) is -0.488. The maximum atomic E-state index is 15.2. The first-order valence-corrected chi connectivity index (χ1v) is 16.3. The second-order valence-corrected chi connectivity index (χ2v) is 13.9. The Morgan fingerprint density at radius 3 is 2.55 bits per heavy atom. The Bertz CT molecular complexity index is 1820. The zero-order valence-corrected chi connectivity index (χ0v) is 28.0. The molecule has 0 aliphatic carbocycles. The van der Waals surface area contributed by atoms with Crippen molar-refractivity contribution in [3.05, 3.63) is 83.8 Å². The topological polar surface area (TPSA) is 85.5 Å². The van der Waals surface area contributed by atoms with E-state index in [-0.39, 0.29) is 17.5 Å². The quantitative estimate of drug-likeness (QED) is 0.226. The summed E-state index contributed by atoms with van der Waals surface area (Å²) in [7, 11) is 0. The molecule has 0 saturated carbocycles. The average Bonchev–Trinajstić information content (AvgIpc) is 3.43. The van der Waals surface area contributed by atoms with E-state index in [4.69, 9.17) is 19.2 Å². The maximum Gasteiger partial charge on any atom is 0.337 e. The van der Waals surface area contributed by atoms with Crippen LogP contribution >= 0.6 is 0 Å². The van der Waals surface area contributed by atoms with E-state index in [1.807, 2.05) is 93.8 Å². The number of ether oxygens (including phenoxy) is 3. The lowest BCUT2D eigenvalue weighted by Gasteiger charge is -2.41. The summed E-state index contributed by atoms with van der Waals surface area (Å²) in [6, 6.07) is 14.7. The van der Waals surface area contributed by atoms with E-state index < -0.39 is 23.5 Å². The third-order valence-electron chi connectivity index (χ3n) is 8.97. The Labute approximate surface area is 275 Å². The van der Waals surface area contributed by atoms with Gasteiger partial charge in [-0.05, 0) is 83.7 Å². The SMILES string of the molecule is Cc1cc2nc3cn2c(c1[C@H](OC(C)(C)C)C(=O)O)N1CCC(C)(CC1)OCC=CC[C@H](C)Oc1c(F)cccc1-c1cccc-3c1. The van der Waals surface area contributed by atoms with Gasteiger partial charge in [-0.15, -0.1) is 0 Å². The third-order valence-corrected chi connectivity index (χ3v) is 8.97. The van der Waals surface area contributed by atoms with Crippen molar-refractivity contribution in [2.75, 3.05) is 24.6 Å². The van der Waals surface area contributed by atoms with E-state index in [1.54, 1.807) is 6.07 Å². The lowest BCUT2D eigenvalue weighted by atomic mass is 9.92. The maximum absolute atomic E-state index is 15.2. The summed E-state index contributed by atoms with van der Waals surface area (Å²) >= 11 is 0. The van der Waals surface area contributed by atoms with Crippen molar-refractivity contribution in [3.63, 3.8) is 0 Å². The van der Waals surface area contributed by atoms with Gasteiger partial charge in [-0.25, -0.2) is 14.2 Å². The molecule has 5 heterocycles. The molecule has 8 nitrogen and oxygen atoms in total. The Hall–Kier alpha value is -4.21. The molecule has 0 unspecified atom stereocenters. The van der Waals surface area contributed by atoms with E-state index in [9.17, 15) is 9.90 Å². The second kappa shape index (κ2) is 12.8. The number of anilines is 1. The Morgan fingerprint density at radius 1 is 1.11 bits per heavy atom. The van der Waals surface area contributed by atoms with Gasteiger partial charge in [-0.3, -0.25) is 4.40 Å². The van der Waals surface area contributed by atoms with Gasteiger partial charge < -0.3 is 24.2 Å². The van der Waals surface area contributed by atoms with Crippen LogP contribution in [-0.4, -0.2) is 57.5 Å². The number of imidazole rings is 1. The number of hydrogen-bond acceptors (Lipinski definition) is 6. The fraction of sp³-hybridized carbons (Fsp3) is 0.421. The Morgan fingerprint density at radius 2 is 1.83 bits per heavy atom. The lowest BCUT2D eigenvalue weighted by Crippen LogP contribution is -2.45. The number of carbonyl (C=O) groups is 1. The monoisotopic (exact) mass is 641 g/mol. The zero-order chi connectivity index (χ0) is 33.5. The van der Waals surface area contributed by atoms with Crippen LogP contribution < -0.4 is 9.64 Å². The van der Waals surface area contributed by atoms with E-state index >= 15 is 4.39 Å². The van der Waals surface area contributed by atoms with Gasteiger partial charge in [-0.1, -0.05) is 42.5 Å². The number of carboxylic acids is 1. The van der Waals surface area contributed by atoms with Crippen LogP contribution in [0.3, 0.4) is 0 Å². The van der Waals surface area contributed by atoms with Gasteiger partial charge in [0.05, 0.1) is 29.6 Å². The number of nitrogens with zero attached hydrogens (tertiary/aromatic N) is 3. The standard InChI is InChI=1S/C38H44FN3O5/c1-24-21-31-40-30-23-42(31)35(32(24)34(36(43)44)47-37(3,4)5)41-18-16-38(6,17-19-41)45-20-8-7-11-25(2)46-33-28(14-10-15-29(33)39)26-12-9-13-27(30)22-26/h7-10,12-15,21-23,25,34H,11,16-20H2,1-6H3,(H,43,44)/t25-,34-/m0/s1. The summed E-state index contributed by atoms with van der Waals surface area (Å²) in [6.07, 6.45) is 6.66. The zero-order valence-electron chi connectivity index (χ0n) is 28.0. The van der Waals surface area contributed by atoms with E-state index in [0.717, 1.165) is 35.3 Å². The number of pyridine rings is 1. The average molecular weight is 642 g/mol. The first kappa shape index (κ1) is 32.7. The number of halogens is 1. The van der Waals surface area contributed by atoms with Crippen molar-refractivity contribution < 1.29 is 28.5 Å². The normalized spacial score (nSPS) is 21.0. The predicted molar refractivity (Wildman–Crippen MR) is 182 cm³/mol. The fourth-order valence-electron chi connectivity index (χ4n) is 6.51. The molecule has 6 bridgehead atoms. The number of aromatic nitrogens is 2. The van der Waals surface area contributed by atoms with Gasteiger partial charge in [0.25, 0.3) is 0 Å². The van der Waals surface area contributed by atoms with Crippen LogP contribution in [0, 0.1) is 12.7 Å². The second-order valence-electron chi connectivity index (χ2n) is 13.9. The number of carboxylic acid groups (broad SMARTS) is 1. The van der Waals surface area contributed by atoms with Crippen LogP contribution in [0.4, 0.5) is 10.2 Å². The van der Waals surface area contributed by atoms with Gasteiger partial charge in [0.1, 0.15) is 11.5 Å². The van der Waals surface area contributed by atoms with Gasteiger partial charge >= 0.3 is 5.97 Å². The van der Waals surface area contributed by atoms with Gasteiger partial charge in [0.15, 0.2) is 17.7 Å². The van der Waals surface area contributed by atoms with Crippen molar-refractivity contribution in [1.29, 1.82) is 0 Å². The molecule has 248 valence electrons. The van der Waals surface area contributed by atoms with Crippen molar-refractivity contribution in [2.45, 2.75) is 84.2 Å². The summed E-state index contributed by atoms with van der Waals surface area (Å²) in [5.41, 5.74) is 4.09. The Balaban J connectivity index is 1.55. The highest BCUT2D eigenvalue weighted by atomic mass is 19.1. The highest BCUT2D eigenvalue weighted by Crippen LogP contribution is 2.40. The number of piperidine rings is 1. The van der Waals surface area contributed by atoms with E-state index in [0.29, 0.717) is 48.6 Å². The summed E-state index contributed by atoms with van der Waals surface area (Å²) in [5, 5.41) is 10.5. The first-order chi connectivity index (χ1) is 22.3. The number of aliphatic carboxylic acids is 1. The van der Waals surface area contributed by atoms with Gasteiger partial charge in [0, 0.05) is 42.4 Å². The molecular formula is C38H44FN3O5. The summed E-state index contributed by atoms with van der Waals surface area (Å²) in [6.45, 7) is 13.4. The molecular weight excluding hydrogens is 597 g/mol. The molecule has 0 amide bonds. The number of aryl methyl sites for hydroxylation is 1.